The number of nitrogens with one attached hydrogen (secondary N) is 1. The highest BCUT2D eigenvalue weighted by atomic mass is 16.4. The molecule has 106 valence electrons. The highest BCUT2D eigenvalue weighted by molar-refractivity contribution is 5.92. The predicted octanol–water partition coefficient (Wildman–Crippen LogP) is 1.05. The zero-order valence-electron chi connectivity index (χ0n) is 11.2. The summed E-state index contributed by atoms with van der Waals surface area (Å²) >= 11 is 0. The fourth-order valence-corrected chi connectivity index (χ4v) is 1.83. The molecule has 2 aromatic rings. The van der Waals surface area contributed by atoms with Crippen LogP contribution in [-0.4, -0.2) is 38.5 Å². The molecule has 1 aromatic heterocycles. The van der Waals surface area contributed by atoms with Crippen molar-refractivity contribution in [2.45, 2.75) is 26.3 Å². The second-order valence-corrected chi connectivity index (χ2v) is 4.42. The normalized spacial score (nSPS) is 10.7. The van der Waals surface area contributed by atoms with E-state index in [0.717, 1.165) is 11.9 Å². The number of aromatic nitrogens is 3. The molecule has 1 heterocycles. The monoisotopic (exact) mass is 276 g/mol. The highest BCUT2D eigenvalue weighted by Crippen LogP contribution is 2.13. The molecule has 0 radical (unpaired) electrons. The van der Waals surface area contributed by atoms with E-state index in [0.29, 0.717) is 25.0 Å². The number of nitrogens with zero attached hydrogens (tertiary/aromatic N) is 3. The van der Waals surface area contributed by atoms with E-state index in [1.165, 1.54) is 12.1 Å². The van der Waals surface area contributed by atoms with E-state index >= 15 is 0 Å². The van der Waals surface area contributed by atoms with Crippen LogP contribution in [0.1, 0.15) is 30.1 Å². The van der Waals surface area contributed by atoms with Crippen molar-refractivity contribution in [3.8, 4) is 0 Å². The SMILES string of the molecule is CCCNC(=O)CCn1nnc2cc(C(=O)O)ccc21. The van der Waals surface area contributed by atoms with Gasteiger partial charge in [0.05, 0.1) is 17.6 Å². The number of carbonyl (C=O) groups is 2. The third-order valence-electron chi connectivity index (χ3n) is 2.88. The quantitative estimate of drug-likeness (QED) is 0.821. The van der Waals surface area contributed by atoms with Crippen LogP contribution in [0.3, 0.4) is 0 Å². The van der Waals surface area contributed by atoms with E-state index < -0.39 is 5.97 Å². The lowest BCUT2D eigenvalue weighted by Crippen LogP contribution is -2.25. The molecule has 0 aliphatic carbocycles. The van der Waals surface area contributed by atoms with Gasteiger partial charge in [-0.25, -0.2) is 9.48 Å². The first kappa shape index (κ1) is 14.0. The Morgan fingerprint density at radius 1 is 1.40 bits per heavy atom. The maximum atomic E-state index is 11.5. The lowest BCUT2D eigenvalue weighted by Gasteiger charge is -2.04. The number of amides is 1. The molecule has 7 heteroatoms. The van der Waals surface area contributed by atoms with Crippen molar-refractivity contribution in [1.29, 1.82) is 0 Å². The van der Waals surface area contributed by atoms with Crippen LogP contribution in [0.2, 0.25) is 0 Å². The summed E-state index contributed by atoms with van der Waals surface area (Å²) in [6, 6.07) is 4.63. The number of fused-ring (bicyclic) bond motifs is 1. The third-order valence-corrected chi connectivity index (χ3v) is 2.88. The summed E-state index contributed by atoms with van der Waals surface area (Å²) in [5.74, 6) is -1.03. The molecule has 1 aromatic carbocycles. The second-order valence-electron chi connectivity index (χ2n) is 4.42. The van der Waals surface area contributed by atoms with Crippen molar-refractivity contribution < 1.29 is 14.7 Å². The van der Waals surface area contributed by atoms with Crippen molar-refractivity contribution in [3.63, 3.8) is 0 Å². The van der Waals surface area contributed by atoms with Gasteiger partial charge < -0.3 is 10.4 Å². The van der Waals surface area contributed by atoms with Crippen LogP contribution >= 0.6 is 0 Å². The summed E-state index contributed by atoms with van der Waals surface area (Å²) in [7, 11) is 0. The topological polar surface area (TPSA) is 97.1 Å². The van der Waals surface area contributed by atoms with Crippen molar-refractivity contribution in [1.82, 2.24) is 20.3 Å². The van der Waals surface area contributed by atoms with Crippen LogP contribution in [0.25, 0.3) is 11.0 Å². The molecule has 7 nitrogen and oxygen atoms in total. The van der Waals surface area contributed by atoms with Crippen LogP contribution in [0.15, 0.2) is 18.2 Å². The second kappa shape index (κ2) is 6.14. The van der Waals surface area contributed by atoms with E-state index in [4.69, 9.17) is 5.11 Å². The van der Waals surface area contributed by atoms with E-state index in [2.05, 4.69) is 15.6 Å². The Morgan fingerprint density at radius 2 is 2.20 bits per heavy atom. The number of hydrogen-bond donors (Lipinski definition) is 2. The minimum atomic E-state index is -1.000. The standard InChI is InChI=1S/C13H16N4O3/c1-2-6-14-12(18)5-7-17-11-4-3-9(13(19)20)8-10(11)15-16-17/h3-4,8H,2,5-7H2,1H3,(H,14,18)(H,19,20). The van der Waals surface area contributed by atoms with Crippen LogP contribution in [0.5, 0.6) is 0 Å². The molecule has 0 aliphatic rings. The lowest BCUT2D eigenvalue weighted by molar-refractivity contribution is -0.121. The first-order chi connectivity index (χ1) is 9.61. The van der Waals surface area contributed by atoms with Gasteiger partial charge in [-0.15, -0.1) is 5.10 Å². The summed E-state index contributed by atoms with van der Waals surface area (Å²) in [6.07, 6.45) is 1.22. The van der Waals surface area contributed by atoms with E-state index in [1.807, 2.05) is 6.92 Å². The summed E-state index contributed by atoms with van der Waals surface area (Å²) in [4.78, 5) is 22.4. The summed E-state index contributed by atoms with van der Waals surface area (Å²) in [5.41, 5.74) is 1.40. The Labute approximate surface area is 115 Å². The van der Waals surface area contributed by atoms with Gasteiger partial charge in [-0.05, 0) is 24.6 Å². The maximum absolute atomic E-state index is 11.5. The zero-order chi connectivity index (χ0) is 14.5. The number of benzene rings is 1. The first-order valence-electron chi connectivity index (χ1n) is 6.45. The minimum Gasteiger partial charge on any atom is -0.478 e. The Balaban J connectivity index is 2.08. The Kier molecular flexibility index (Phi) is 4.29. The number of aryl methyl sites for hydroxylation is 1. The van der Waals surface area contributed by atoms with Gasteiger partial charge in [0.2, 0.25) is 5.91 Å². The Hall–Kier alpha value is -2.44. The predicted molar refractivity (Wildman–Crippen MR) is 72.4 cm³/mol. The molecule has 0 spiro atoms. The zero-order valence-corrected chi connectivity index (χ0v) is 11.2. The Bertz CT molecular complexity index is 636. The fraction of sp³-hybridized carbons (Fsp3) is 0.385. The molecule has 0 aliphatic heterocycles. The van der Waals surface area contributed by atoms with E-state index in [-0.39, 0.29) is 11.5 Å². The smallest absolute Gasteiger partial charge is 0.335 e. The summed E-state index contributed by atoms with van der Waals surface area (Å²) in [6.45, 7) is 3.07. The molecular weight excluding hydrogens is 260 g/mol. The molecule has 0 atom stereocenters. The number of carboxylic acid groups (broad SMARTS) is 1. The van der Waals surface area contributed by atoms with Gasteiger partial charge >= 0.3 is 5.97 Å². The van der Waals surface area contributed by atoms with Gasteiger partial charge in [-0.3, -0.25) is 4.79 Å². The average molecular weight is 276 g/mol. The van der Waals surface area contributed by atoms with Crippen LogP contribution in [-0.2, 0) is 11.3 Å². The average Bonchev–Trinajstić information content (AvgIpc) is 2.85. The first-order valence-corrected chi connectivity index (χ1v) is 6.45. The van der Waals surface area contributed by atoms with Crippen LogP contribution < -0.4 is 5.32 Å². The number of aromatic carboxylic acids is 1. The van der Waals surface area contributed by atoms with Gasteiger partial charge in [0.25, 0.3) is 0 Å². The molecule has 0 unspecified atom stereocenters. The van der Waals surface area contributed by atoms with Gasteiger partial charge in [0.1, 0.15) is 5.52 Å². The van der Waals surface area contributed by atoms with Gasteiger partial charge in [0, 0.05) is 13.0 Å². The largest absolute Gasteiger partial charge is 0.478 e. The Morgan fingerprint density at radius 3 is 2.90 bits per heavy atom. The van der Waals surface area contributed by atoms with Gasteiger partial charge in [-0.2, -0.15) is 0 Å². The molecular formula is C13H16N4O3. The molecule has 0 fully saturated rings. The molecule has 1 amide bonds. The molecule has 0 saturated heterocycles. The summed E-state index contributed by atoms with van der Waals surface area (Å²) in [5, 5.41) is 19.6. The van der Waals surface area contributed by atoms with Crippen molar-refractivity contribution in [3.05, 3.63) is 23.8 Å². The number of rotatable bonds is 6. The third kappa shape index (κ3) is 3.11. The van der Waals surface area contributed by atoms with Crippen molar-refractivity contribution in [2.75, 3.05) is 6.54 Å². The molecule has 2 rings (SSSR count). The lowest BCUT2D eigenvalue weighted by atomic mass is 10.2. The van der Waals surface area contributed by atoms with Crippen molar-refractivity contribution in [2.24, 2.45) is 0 Å². The number of hydrogen-bond acceptors (Lipinski definition) is 4. The summed E-state index contributed by atoms with van der Waals surface area (Å²) < 4.78 is 1.60. The fourth-order valence-electron chi connectivity index (χ4n) is 1.83. The van der Waals surface area contributed by atoms with Crippen LogP contribution in [0, 0.1) is 0 Å². The number of carbonyl (C=O) groups excluding carboxylic acids is 1. The van der Waals surface area contributed by atoms with Crippen LogP contribution in [0.4, 0.5) is 0 Å². The van der Waals surface area contributed by atoms with E-state index in [1.54, 1.807) is 10.7 Å². The maximum Gasteiger partial charge on any atom is 0.335 e. The van der Waals surface area contributed by atoms with E-state index in [9.17, 15) is 9.59 Å². The van der Waals surface area contributed by atoms with Gasteiger partial charge in [-0.1, -0.05) is 12.1 Å². The van der Waals surface area contributed by atoms with Crippen molar-refractivity contribution >= 4 is 22.9 Å². The molecule has 2 N–H and O–H groups in total. The minimum absolute atomic E-state index is 0.0299. The molecule has 0 bridgehead atoms. The molecule has 20 heavy (non-hydrogen) atoms. The van der Waals surface area contributed by atoms with Gasteiger partial charge in [0.15, 0.2) is 0 Å². The number of carboxylic acids is 1. The molecule has 0 saturated carbocycles. The highest BCUT2D eigenvalue weighted by Gasteiger charge is 2.10.